The Labute approximate surface area is 102 Å². The van der Waals surface area contributed by atoms with Crippen molar-refractivity contribution in [1.82, 2.24) is 4.98 Å². The summed E-state index contributed by atoms with van der Waals surface area (Å²) in [6.07, 6.45) is -2.23. The Balaban J connectivity index is 3.59. The van der Waals surface area contributed by atoms with Crippen LogP contribution < -0.4 is 0 Å². The second kappa shape index (κ2) is 5.13. The van der Waals surface area contributed by atoms with Crippen LogP contribution in [0.15, 0.2) is 10.7 Å². The molecule has 0 spiro atoms. The van der Waals surface area contributed by atoms with Gasteiger partial charge < -0.3 is 4.74 Å². The fourth-order valence-electron chi connectivity index (χ4n) is 1.13. The number of nitro groups is 1. The molecule has 0 aliphatic heterocycles. The minimum atomic E-state index is -3.11. The van der Waals surface area contributed by atoms with Crippen molar-refractivity contribution in [2.75, 3.05) is 7.11 Å². The summed E-state index contributed by atoms with van der Waals surface area (Å²) in [5.74, 6) is -1.15. The number of rotatable bonds is 3. The molecular formula is C8H5BrF2N2O4. The van der Waals surface area contributed by atoms with Crippen LogP contribution in [-0.4, -0.2) is 23.0 Å². The second-order valence-corrected chi connectivity index (χ2v) is 3.62. The smallest absolute Gasteiger partial charge is 0.363 e. The van der Waals surface area contributed by atoms with Crippen LogP contribution in [0.4, 0.5) is 14.5 Å². The number of methoxy groups -OCH3 is 1. The van der Waals surface area contributed by atoms with E-state index in [2.05, 4.69) is 25.7 Å². The number of esters is 1. The van der Waals surface area contributed by atoms with Crippen molar-refractivity contribution < 1.29 is 23.2 Å². The monoisotopic (exact) mass is 310 g/mol. The van der Waals surface area contributed by atoms with Gasteiger partial charge in [-0.15, -0.1) is 0 Å². The number of halogens is 3. The van der Waals surface area contributed by atoms with Gasteiger partial charge in [-0.2, -0.15) is 0 Å². The van der Waals surface area contributed by atoms with E-state index in [0.717, 1.165) is 13.3 Å². The number of aromatic nitrogens is 1. The van der Waals surface area contributed by atoms with Crippen molar-refractivity contribution in [3.63, 3.8) is 0 Å². The van der Waals surface area contributed by atoms with Crippen LogP contribution in [0.2, 0.25) is 0 Å². The highest BCUT2D eigenvalue weighted by atomic mass is 79.9. The maximum atomic E-state index is 12.7. The molecule has 1 aromatic heterocycles. The van der Waals surface area contributed by atoms with Crippen molar-refractivity contribution in [3.8, 4) is 0 Å². The molecule has 0 amide bonds. The van der Waals surface area contributed by atoms with Crippen LogP contribution in [0.3, 0.4) is 0 Å². The van der Waals surface area contributed by atoms with E-state index in [4.69, 9.17) is 0 Å². The number of nitrogens with zero attached hydrogens (tertiary/aromatic N) is 2. The SMILES string of the molecule is COC(=O)c1ncc(Br)c(C(F)F)c1[N+](=O)[O-]. The van der Waals surface area contributed by atoms with E-state index in [9.17, 15) is 23.7 Å². The van der Waals surface area contributed by atoms with Crippen molar-refractivity contribution in [3.05, 3.63) is 32.0 Å². The van der Waals surface area contributed by atoms with Gasteiger partial charge in [0.1, 0.15) is 5.56 Å². The number of carbonyl (C=O) groups excluding carboxylic acids is 1. The van der Waals surface area contributed by atoms with Gasteiger partial charge in [-0.3, -0.25) is 10.1 Å². The molecule has 92 valence electrons. The van der Waals surface area contributed by atoms with Crippen LogP contribution in [0.1, 0.15) is 22.5 Å². The maximum Gasteiger partial charge on any atom is 0.363 e. The number of carbonyl (C=O) groups is 1. The highest BCUT2D eigenvalue weighted by Crippen LogP contribution is 2.36. The van der Waals surface area contributed by atoms with Gasteiger partial charge in [0.15, 0.2) is 0 Å². The van der Waals surface area contributed by atoms with Gasteiger partial charge in [-0.05, 0) is 15.9 Å². The van der Waals surface area contributed by atoms with Gasteiger partial charge in [-0.1, -0.05) is 0 Å². The zero-order valence-electron chi connectivity index (χ0n) is 8.32. The molecule has 0 bridgehead atoms. The normalized spacial score (nSPS) is 10.4. The summed E-state index contributed by atoms with van der Waals surface area (Å²) in [4.78, 5) is 24.2. The lowest BCUT2D eigenvalue weighted by Crippen LogP contribution is -2.11. The van der Waals surface area contributed by atoms with Crippen molar-refractivity contribution in [1.29, 1.82) is 0 Å². The van der Waals surface area contributed by atoms with Crippen LogP contribution in [-0.2, 0) is 4.74 Å². The Kier molecular flexibility index (Phi) is 4.05. The first kappa shape index (κ1) is 13.4. The highest BCUT2D eigenvalue weighted by molar-refractivity contribution is 9.10. The third kappa shape index (κ3) is 2.54. The molecule has 0 aromatic carbocycles. The average Bonchev–Trinajstić information content (AvgIpc) is 2.26. The van der Waals surface area contributed by atoms with E-state index in [1.807, 2.05) is 0 Å². The van der Waals surface area contributed by atoms with E-state index in [1.165, 1.54) is 0 Å². The quantitative estimate of drug-likeness (QED) is 0.486. The summed E-state index contributed by atoms with van der Waals surface area (Å²) in [6, 6.07) is 0. The molecule has 6 nitrogen and oxygen atoms in total. The van der Waals surface area contributed by atoms with Gasteiger partial charge in [0.05, 0.1) is 16.5 Å². The summed E-state index contributed by atoms with van der Waals surface area (Å²) in [5.41, 5.74) is -2.71. The minimum Gasteiger partial charge on any atom is -0.464 e. The summed E-state index contributed by atoms with van der Waals surface area (Å²) in [7, 11) is 0.970. The van der Waals surface area contributed by atoms with Gasteiger partial charge in [0, 0.05) is 6.20 Å². The fraction of sp³-hybridized carbons (Fsp3) is 0.250. The molecule has 0 atom stereocenters. The highest BCUT2D eigenvalue weighted by Gasteiger charge is 2.33. The van der Waals surface area contributed by atoms with Crippen LogP contribution >= 0.6 is 15.9 Å². The number of ether oxygens (including phenoxy) is 1. The predicted molar refractivity (Wildman–Crippen MR) is 54.9 cm³/mol. The first-order valence-electron chi connectivity index (χ1n) is 4.09. The lowest BCUT2D eigenvalue weighted by atomic mass is 10.2. The van der Waals surface area contributed by atoms with Crippen LogP contribution in [0.5, 0.6) is 0 Å². The van der Waals surface area contributed by atoms with Gasteiger partial charge in [0.25, 0.3) is 6.43 Å². The molecule has 0 saturated carbocycles. The van der Waals surface area contributed by atoms with Gasteiger partial charge in [0.2, 0.25) is 5.69 Å². The molecule has 0 aliphatic rings. The average molecular weight is 311 g/mol. The zero-order valence-corrected chi connectivity index (χ0v) is 9.90. The third-order valence-electron chi connectivity index (χ3n) is 1.82. The Morgan fingerprint density at radius 1 is 1.65 bits per heavy atom. The minimum absolute atomic E-state index is 0.244. The summed E-state index contributed by atoms with van der Waals surface area (Å²) >= 11 is 2.72. The molecule has 0 fully saturated rings. The van der Waals surface area contributed by atoms with Gasteiger partial charge in [-0.25, -0.2) is 18.6 Å². The lowest BCUT2D eigenvalue weighted by Gasteiger charge is -2.07. The van der Waals surface area contributed by atoms with Crippen molar-refractivity contribution in [2.24, 2.45) is 0 Å². The zero-order chi connectivity index (χ0) is 13.2. The van der Waals surface area contributed by atoms with E-state index >= 15 is 0 Å². The summed E-state index contributed by atoms with van der Waals surface area (Å²) in [5, 5.41) is 10.7. The molecule has 0 saturated heterocycles. The topological polar surface area (TPSA) is 82.3 Å². The molecule has 1 rings (SSSR count). The van der Waals surface area contributed by atoms with Crippen LogP contribution in [0, 0.1) is 10.1 Å². The molecule has 1 heterocycles. The second-order valence-electron chi connectivity index (χ2n) is 2.77. The molecule has 0 N–H and O–H groups in total. The number of hydrogen-bond acceptors (Lipinski definition) is 5. The molecule has 9 heteroatoms. The van der Waals surface area contributed by atoms with Crippen LogP contribution in [0.25, 0.3) is 0 Å². The first-order valence-corrected chi connectivity index (χ1v) is 4.88. The van der Waals surface area contributed by atoms with E-state index in [-0.39, 0.29) is 4.47 Å². The molecule has 0 aliphatic carbocycles. The number of hydrogen-bond donors (Lipinski definition) is 0. The lowest BCUT2D eigenvalue weighted by molar-refractivity contribution is -0.387. The number of pyridine rings is 1. The van der Waals surface area contributed by atoms with E-state index in [1.54, 1.807) is 0 Å². The standard InChI is InChI=1S/C8H5BrF2N2O4/c1-17-8(14)5-6(13(15)16)4(7(10)11)3(9)2-12-5/h2,7H,1H3. The maximum absolute atomic E-state index is 12.7. The molecule has 0 unspecified atom stereocenters. The predicted octanol–water partition coefficient (Wildman–Crippen LogP) is 2.48. The number of alkyl halides is 2. The summed E-state index contributed by atoms with van der Waals surface area (Å²) in [6.45, 7) is 0. The van der Waals surface area contributed by atoms with Crippen molar-refractivity contribution >= 4 is 27.6 Å². The van der Waals surface area contributed by atoms with E-state index in [0.29, 0.717) is 0 Å². The third-order valence-corrected chi connectivity index (χ3v) is 2.46. The Morgan fingerprint density at radius 3 is 2.65 bits per heavy atom. The Morgan fingerprint density at radius 2 is 2.24 bits per heavy atom. The van der Waals surface area contributed by atoms with E-state index < -0.39 is 34.3 Å². The molecule has 1 aromatic rings. The first-order chi connectivity index (χ1) is 7.90. The Hall–Kier alpha value is -1.64. The largest absolute Gasteiger partial charge is 0.464 e. The molecule has 0 radical (unpaired) electrons. The van der Waals surface area contributed by atoms with Crippen molar-refractivity contribution in [2.45, 2.75) is 6.43 Å². The fourth-order valence-corrected chi connectivity index (χ4v) is 1.59. The molecular weight excluding hydrogens is 306 g/mol. The summed E-state index contributed by atoms with van der Waals surface area (Å²) < 4.78 is 29.4. The Bertz CT molecular complexity index is 481. The van der Waals surface area contributed by atoms with Gasteiger partial charge >= 0.3 is 11.7 Å². The molecule has 17 heavy (non-hydrogen) atoms.